The summed E-state index contributed by atoms with van der Waals surface area (Å²) in [6.45, 7) is 4.05. The third-order valence-corrected chi connectivity index (χ3v) is 7.69. The molecular formula is C24H32N4O3S2. The highest BCUT2D eigenvalue weighted by Gasteiger charge is 2.25. The van der Waals surface area contributed by atoms with Crippen LogP contribution in [0.5, 0.6) is 0 Å². The number of rotatable bonds is 10. The predicted molar refractivity (Wildman–Crippen MR) is 137 cm³/mol. The average molecular weight is 489 g/mol. The van der Waals surface area contributed by atoms with E-state index in [1.54, 1.807) is 30.1 Å². The highest BCUT2D eigenvalue weighted by atomic mass is 32.2. The van der Waals surface area contributed by atoms with Crippen LogP contribution in [-0.4, -0.2) is 51.7 Å². The first-order valence-corrected chi connectivity index (χ1v) is 14.0. The molecule has 0 aromatic heterocycles. The lowest BCUT2D eigenvalue weighted by Crippen LogP contribution is -2.45. The van der Waals surface area contributed by atoms with E-state index in [9.17, 15) is 13.2 Å². The predicted octanol–water partition coefficient (Wildman–Crippen LogP) is 3.54. The van der Waals surface area contributed by atoms with Gasteiger partial charge in [-0.15, -0.1) is 0 Å². The first-order chi connectivity index (χ1) is 15.9. The minimum atomic E-state index is -3.82. The Morgan fingerprint density at radius 2 is 1.76 bits per heavy atom. The highest BCUT2D eigenvalue weighted by Crippen LogP contribution is 2.19. The van der Waals surface area contributed by atoms with Gasteiger partial charge in [-0.3, -0.25) is 4.79 Å². The normalized spacial score (nSPS) is 15.5. The number of sulfonamides is 1. The monoisotopic (exact) mass is 488 g/mol. The molecule has 1 fully saturated rings. The van der Waals surface area contributed by atoms with Gasteiger partial charge in [0, 0.05) is 18.8 Å². The van der Waals surface area contributed by atoms with Crippen LogP contribution < -0.4 is 15.0 Å². The number of aryl methyl sites for hydroxylation is 1. The van der Waals surface area contributed by atoms with E-state index in [1.807, 2.05) is 25.3 Å². The fourth-order valence-corrected chi connectivity index (χ4v) is 5.32. The standard InChI is InChI=1S/C24H32N4O3S2/c1-19-6-12-22(13-7-19)33(30,31)27-23(14-17-32-2)24(29)26-25-18-20-8-10-21(11-9-20)28-15-4-3-5-16-28/h6-13,18,23,27H,3-5,14-17H2,1-2H3,(H,26,29)/b25-18+/t23-/m0/s1. The Hall–Kier alpha value is -2.36. The van der Waals surface area contributed by atoms with Gasteiger partial charge in [0.25, 0.3) is 5.91 Å². The Balaban J connectivity index is 1.61. The molecule has 2 aromatic rings. The summed E-state index contributed by atoms with van der Waals surface area (Å²) in [7, 11) is -3.82. The van der Waals surface area contributed by atoms with Crippen molar-refractivity contribution in [3.8, 4) is 0 Å². The van der Waals surface area contributed by atoms with Crippen molar-refractivity contribution in [3.63, 3.8) is 0 Å². The summed E-state index contributed by atoms with van der Waals surface area (Å²) in [6.07, 6.45) is 7.58. The van der Waals surface area contributed by atoms with E-state index in [4.69, 9.17) is 0 Å². The number of piperidine rings is 1. The Morgan fingerprint density at radius 3 is 2.39 bits per heavy atom. The maximum absolute atomic E-state index is 12.7. The minimum absolute atomic E-state index is 0.132. The Kier molecular flexibility index (Phi) is 9.34. The number of nitrogens with zero attached hydrogens (tertiary/aromatic N) is 2. The van der Waals surface area contributed by atoms with Crippen molar-refractivity contribution in [3.05, 3.63) is 59.7 Å². The van der Waals surface area contributed by atoms with Crippen molar-refractivity contribution in [2.24, 2.45) is 5.10 Å². The zero-order chi connectivity index (χ0) is 23.7. The van der Waals surface area contributed by atoms with E-state index in [2.05, 4.69) is 32.3 Å². The molecule has 2 aromatic carbocycles. The van der Waals surface area contributed by atoms with E-state index in [1.165, 1.54) is 37.1 Å². The summed E-state index contributed by atoms with van der Waals surface area (Å²) in [5.41, 5.74) is 5.50. The summed E-state index contributed by atoms with van der Waals surface area (Å²) >= 11 is 1.55. The molecule has 0 aliphatic carbocycles. The van der Waals surface area contributed by atoms with Gasteiger partial charge in [-0.2, -0.15) is 21.6 Å². The minimum Gasteiger partial charge on any atom is -0.372 e. The SMILES string of the molecule is CSCC[C@H](NS(=O)(=O)c1ccc(C)cc1)C(=O)N/N=C/c1ccc(N2CCCCC2)cc1. The number of thioether (sulfide) groups is 1. The van der Waals surface area contributed by atoms with Gasteiger partial charge >= 0.3 is 0 Å². The molecule has 0 unspecified atom stereocenters. The molecule has 1 heterocycles. The molecule has 0 saturated carbocycles. The van der Waals surface area contributed by atoms with Crippen molar-refractivity contribution in [2.45, 2.75) is 43.5 Å². The molecule has 2 N–H and O–H groups in total. The summed E-state index contributed by atoms with van der Waals surface area (Å²) in [5.74, 6) is 0.150. The number of nitrogens with one attached hydrogen (secondary N) is 2. The number of anilines is 1. The summed E-state index contributed by atoms with van der Waals surface area (Å²) in [6, 6.07) is 13.7. The van der Waals surface area contributed by atoms with Crippen LogP contribution in [0, 0.1) is 6.92 Å². The van der Waals surface area contributed by atoms with Gasteiger partial charge in [0.05, 0.1) is 11.1 Å². The van der Waals surface area contributed by atoms with Crippen molar-refractivity contribution in [1.82, 2.24) is 10.1 Å². The largest absolute Gasteiger partial charge is 0.372 e. The smallest absolute Gasteiger partial charge is 0.258 e. The first kappa shape index (κ1) is 25.3. The molecule has 1 atom stereocenters. The number of hydrogen-bond acceptors (Lipinski definition) is 6. The fourth-order valence-electron chi connectivity index (χ4n) is 3.62. The number of hydrazone groups is 1. The summed E-state index contributed by atoms with van der Waals surface area (Å²) < 4.78 is 28.0. The number of carbonyl (C=O) groups excluding carboxylic acids is 1. The van der Waals surface area contributed by atoms with Crippen molar-refractivity contribution >= 4 is 39.6 Å². The van der Waals surface area contributed by atoms with Crippen molar-refractivity contribution in [2.75, 3.05) is 30.0 Å². The topological polar surface area (TPSA) is 90.9 Å². The highest BCUT2D eigenvalue weighted by molar-refractivity contribution is 7.98. The third kappa shape index (κ3) is 7.58. The van der Waals surface area contributed by atoms with Crippen LogP contribution >= 0.6 is 11.8 Å². The van der Waals surface area contributed by atoms with Crippen molar-refractivity contribution < 1.29 is 13.2 Å². The second-order valence-electron chi connectivity index (χ2n) is 8.14. The van der Waals surface area contributed by atoms with E-state index in [0.717, 1.165) is 24.2 Å². The molecule has 9 heteroatoms. The van der Waals surface area contributed by atoms with Gasteiger partial charge in [0.15, 0.2) is 0 Å². The van der Waals surface area contributed by atoms with Gasteiger partial charge in [-0.1, -0.05) is 29.8 Å². The van der Waals surface area contributed by atoms with Crippen LogP contribution in [0.1, 0.15) is 36.8 Å². The van der Waals surface area contributed by atoms with Gasteiger partial charge < -0.3 is 4.90 Å². The molecule has 0 spiro atoms. The molecule has 33 heavy (non-hydrogen) atoms. The van der Waals surface area contributed by atoms with Crippen LogP contribution in [-0.2, 0) is 14.8 Å². The lowest BCUT2D eigenvalue weighted by Gasteiger charge is -2.28. The number of hydrogen-bond donors (Lipinski definition) is 2. The third-order valence-electron chi connectivity index (χ3n) is 5.56. The number of amides is 1. The maximum Gasteiger partial charge on any atom is 0.258 e. The Bertz CT molecular complexity index is 1030. The van der Waals surface area contributed by atoms with Gasteiger partial charge in [0.1, 0.15) is 6.04 Å². The number of benzene rings is 2. The molecule has 3 rings (SSSR count). The Labute approximate surface area is 201 Å². The first-order valence-electron chi connectivity index (χ1n) is 11.1. The lowest BCUT2D eigenvalue weighted by molar-refractivity contribution is -0.122. The molecule has 1 saturated heterocycles. The van der Waals surface area contributed by atoms with E-state index in [0.29, 0.717) is 12.2 Å². The number of carbonyl (C=O) groups is 1. The van der Waals surface area contributed by atoms with Crippen LogP contribution in [0.4, 0.5) is 5.69 Å². The molecule has 1 aliphatic rings. The van der Waals surface area contributed by atoms with Crippen LogP contribution in [0.25, 0.3) is 0 Å². The second-order valence-corrected chi connectivity index (χ2v) is 10.8. The summed E-state index contributed by atoms with van der Waals surface area (Å²) in [5, 5.41) is 4.05. The maximum atomic E-state index is 12.7. The molecular weight excluding hydrogens is 456 g/mol. The molecule has 0 bridgehead atoms. The zero-order valence-corrected chi connectivity index (χ0v) is 20.8. The quantitative estimate of drug-likeness (QED) is 0.394. The van der Waals surface area contributed by atoms with Crippen molar-refractivity contribution in [1.29, 1.82) is 0 Å². The Morgan fingerprint density at radius 1 is 1.09 bits per heavy atom. The fraction of sp³-hybridized carbons (Fsp3) is 0.417. The molecule has 178 valence electrons. The van der Waals surface area contributed by atoms with Crippen LogP contribution in [0.2, 0.25) is 0 Å². The van der Waals surface area contributed by atoms with E-state index in [-0.39, 0.29) is 4.90 Å². The average Bonchev–Trinajstić information content (AvgIpc) is 2.83. The van der Waals surface area contributed by atoms with E-state index < -0.39 is 22.0 Å². The van der Waals surface area contributed by atoms with Gasteiger partial charge in [-0.25, -0.2) is 13.8 Å². The lowest BCUT2D eigenvalue weighted by atomic mass is 10.1. The van der Waals surface area contributed by atoms with Crippen LogP contribution in [0.15, 0.2) is 58.5 Å². The van der Waals surface area contributed by atoms with Gasteiger partial charge in [0.2, 0.25) is 10.0 Å². The van der Waals surface area contributed by atoms with Crippen LogP contribution in [0.3, 0.4) is 0 Å². The molecule has 7 nitrogen and oxygen atoms in total. The molecule has 1 amide bonds. The summed E-state index contributed by atoms with van der Waals surface area (Å²) in [4.78, 5) is 15.2. The van der Waals surface area contributed by atoms with E-state index >= 15 is 0 Å². The second kappa shape index (κ2) is 12.2. The zero-order valence-electron chi connectivity index (χ0n) is 19.2. The van der Waals surface area contributed by atoms with Gasteiger partial charge in [-0.05, 0) is 74.4 Å². The molecule has 0 radical (unpaired) electrons. The molecule has 1 aliphatic heterocycles.